The van der Waals surface area contributed by atoms with E-state index >= 15 is 0 Å². The minimum absolute atomic E-state index is 0.329. The Morgan fingerprint density at radius 2 is 1.38 bits per heavy atom. The van der Waals surface area contributed by atoms with Crippen LogP contribution >= 0.6 is 31.9 Å². The van der Waals surface area contributed by atoms with Crippen LogP contribution in [0.2, 0.25) is 0 Å². The number of ketones is 1. The van der Waals surface area contributed by atoms with Gasteiger partial charge in [-0.1, -0.05) is 104 Å². The van der Waals surface area contributed by atoms with Crippen molar-refractivity contribution < 1.29 is 4.79 Å². The topological polar surface area (TPSA) is 17.1 Å². The predicted octanol–water partition coefficient (Wildman–Crippen LogP) is 8.08. The highest BCUT2D eigenvalue weighted by Crippen LogP contribution is 2.30. The zero-order valence-corrected chi connectivity index (χ0v) is 19.6. The molecule has 0 amide bonds. The van der Waals surface area contributed by atoms with Gasteiger partial charge in [0.15, 0.2) is 0 Å². The summed E-state index contributed by atoms with van der Waals surface area (Å²) in [5, 5.41) is 0. The summed E-state index contributed by atoms with van der Waals surface area (Å²) in [6.07, 6.45) is 14.9. The third-order valence-corrected chi connectivity index (χ3v) is 8.05. The normalized spacial score (nSPS) is 16.6. The SMILES string of the molecule is CCCCCC(C)C(C)CC(Br)C(Br)CCCCCCCC(C)=O. The van der Waals surface area contributed by atoms with Gasteiger partial charge in [-0.15, -0.1) is 0 Å². The number of rotatable bonds is 16. The first-order valence-electron chi connectivity index (χ1n) is 10.2. The van der Waals surface area contributed by atoms with Gasteiger partial charge in [0.05, 0.1) is 0 Å². The van der Waals surface area contributed by atoms with Crippen molar-refractivity contribution in [1.29, 1.82) is 0 Å². The molecule has 0 aromatic heterocycles. The molecule has 0 aromatic rings. The molecule has 1 nitrogen and oxygen atoms in total. The Hall–Kier alpha value is 0.630. The Labute approximate surface area is 168 Å². The molecule has 0 fully saturated rings. The quantitative estimate of drug-likeness (QED) is 0.165. The highest BCUT2D eigenvalue weighted by atomic mass is 79.9. The molecule has 144 valence electrons. The number of halogens is 2. The molecule has 0 saturated carbocycles. The molecule has 0 aliphatic rings. The lowest BCUT2D eigenvalue weighted by molar-refractivity contribution is -0.117. The highest BCUT2D eigenvalue weighted by Gasteiger charge is 2.21. The second kappa shape index (κ2) is 15.9. The van der Waals surface area contributed by atoms with E-state index in [9.17, 15) is 4.79 Å². The van der Waals surface area contributed by atoms with Gasteiger partial charge in [0, 0.05) is 16.1 Å². The Bertz CT molecular complexity index is 306. The van der Waals surface area contributed by atoms with Gasteiger partial charge in [0.1, 0.15) is 5.78 Å². The summed E-state index contributed by atoms with van der Waals surface area (Å²) in [7, 11) is 0. The zero-order chi connectivity index (χ0) is 18.4. The van der Waals surface area contributed by atoms with E-state index in [0.29, 0.717) is 15.4 Å². The van der Waals surface area contributed by atoms with Crippen molar-refractivity contribution >= 4 is 37.6 Å². The fraction of sp³-hybridized carbons (Fsp3) is 0.952. The molecule has 3 heteroatoms. The molecular weight excluding hydrogens is 428 g/mol. The van der Waals surface area contributed by atoms with Gasteiger partial charge in [-0.2, -0.15) is 0 Å². The van der Waals surface area contributed by atoms with Gasteiger partial charge in [-0.25, -0.2) is 0 Å². The van der Waals surface area contributed by atoms with E-state index in [4.69, 9.17) is 0 Å². The second-order valence-corrected chi connectivity index (χ2v) is 10.1. The van der Waals surface area contributed by atoms with Crippen LogP contribution in [0.4, 0.5) is 0 Å². The van der Waals surface area contributed by atoms with E-state index in [1.807, 2.05) is 0 Å². The van der Waals surface area contributed by atoms with Crippen molar-refractivity contribution in [2.45, 2.75) is 114 Å². The van der Waals surface area contributed by atoms with E-state index in [1.54, 1.807) is 6.92 Å². The van der Waals surface area contributed by atoms with Crippen molar-refractivity contribution in [2.24, 2.45) is 11.8 Å². The number of alkyl halides is 2. The van der Waals surface area contributed by atoms with E-state index in [2.05, 4.69) is 52.6 Å². The van der Waals surface area contributed by atoms with E-state index in [-0.39, 0.29) is 0 Å². The summed E-state index contributed by atoms with van der Waals surface area (Å²) >= 11 is 7.81. The van der Waals surface area contributed by atoms with Crippen molar-refractivity contribution in [1.82, 2.24) is 0 Å². The molecule has 0 heterocycles. The fourth-order valence-electron chi connectivity index (χ4n) is 3.16. The number of unbranched alkanes of at least 4 members (excludes halogenated alkanes) is 6. The average molecular weight is 468 g/mol. The minimum Gasteiger partial charge on any atom is -0.300 e. The van der Waals surface area contributed by atoms with Crippen LogP contribution in [0.3, 0.4) is 0 Å². The first-order valence-corrected chi connectivity index (χ1v) is 12.0. The molecule has 0 aromatic carbocycles. The standard InChI is InChI=1S/C21H40Br2O/c1-5-6-10-13-17(2)18(3)16-21(23)20(22)15-12-9-7-8-11-14-19(4)24/h17-18,20-21H,5-16H2,1-4H3. The van der Waals surface area contributed by atoms with Crippen LogP contribution in [0.15, 0.2) is 0 Å². The van der Waals surface area contributed by atoms with E-state index in [0.717, 1.165) is 24.7 Å². The minimum atomic E-state index is 0.329. The monoisotopic (exact) mass is 466 g/mol. The lowest BCUT2D eigenvalue weighted by Crippen LogP contribution is -2.20. The van der Waals surface area contributed by atoms with Crippen molar-refractivity contribution in [3.05, 3.63) is 0 Å². The first-order chi connectivity index (χ1) is 11.4. The zero-order valence-electron chi connectivity index (χ0n) is 16.5. The number of hydrogen-bond donors (Lipinski definition) is 0. The number of carbonyl (C=O) groups is 1. The summed E-state index contributed by atoms with van der Waals surface area (Å²) in [6, 6.07) is 0. The molecule has 4 unspecified atom stereocenters. The molecule has 0 saturated heterocycles. The summed E-state index contributed by atoms with van der Waals surface area (Å²) in [5.41, 5.74) is 0. The van der Waals surface area contributed by atoms with Crippen molar-refractivity contribution in [3.8, 4) is 0 Å². The third kappa shape index (κ3) is 13.9. The van der Waals surface area contributed by atoms with Gasteiger partial charge in [0.25, 0.3) is 0 Å². The highest BCUT2D eigenvalue weighted by molar-refractivity contribution is 9.12. The third-order valence-electron chi connectivity index (χ3n) is 5.23. The van der Waals surface area contributed by atoms with Gasteiger partial charge >= 0.3 is 0 Å². The van der Waals surface area contributed by atoms with Crippen molar-refractivity contribution in [2.75, 3.05) is 0 Å². The Balaban J connectivity index is 3.74. The maximum Gasteiger partial charge on any atom is 0.129 e. The molecule has 0 rings (SSSR count). The Kier molecular flexibility index (Phi) is 16.3. The molecule has 0 radical (unpaired) electrons. The second-order valence-electron chi connectivity index (χ2n) is 7.73. The number of hydrogen-bond acceptors (Lipinski definition) is 1. The Morgan fingerprint density at radius 1 is 0.792 bits per heavy atom. The van der Waals surface area contributed by atoms with Gasteiger partial charge < -0.3 is 4.79 Å². The summed E-state index contributed by atoms with van der Waals surface area (Å²) in [4.78, 5) is 12.1. The van der Waals surface area contributed by atoms with Crippen LogP contribution in [0.25, 0.3) is 0 Å². The number of carbonyl (C=O) groups excluding carboxylic acids is 1. The van der Waals surface area contributed by atoms with Crippen LogP contribution < -0.4 is 0 Å². The summed E-state index contributed by atoms with van der Waals surface area (Å²) in [5.74, 6) is 1.95. The summed E-state index contributed by atoms with van der Waals surface area (Å²) in [6.45, 7) is 8.81. The van der Waals surface area contributed by atoms with Crippen LogP contribution in [-0.4, -0.2) is 15.4 Å². The molecule has 0 N–H and O–H groups in total. The maximum absolute atomic E-state index is 10.9. The van der Waals surface area contributed by atoms with Crippen LogP contribution in [-0.2, 0) is 4.79 Å². The van der Waals surface area contributed by atoms with Gasteiger partial charge in [0.2, 0.25) is 0 Å². The van der Waals surface area contributed by atoms with E-state index < -0.39 is 0 Å². The smallest absolute Gasteiger partial charge is 0.129 e. The molecule has 24 heavy (non-hydrogen) atoms. The molecule has 4 atom stereocenters. The van der Waals surface area contributed by atoms with Crippen LogP contribution in [0.5, 0.6) is 0 Å². The lowest BCUT2D eigenvalue weighted by atomic mass is 9.87. The predicted molar refractivity (Wildman–Crippen MR) is 116 cm³/mol. The molecule has 0 aliphatic heterocycles. The molecule has 0 aliphatic carbocycles. The first kappa shape index (κ1) is 24.6. The molecular formula is C21H40Br2O. The fourth-order valence-corrected chi connectivity index (χ4v) is 4.55. The number of Topliss-reactive ketones (excluding diaryl/α,β-unsaturated/α-hetero) is 1. The van der Waals surface area contributed by atoms with Crippen LogP contribution in [0, 0.1) is 11.8 Å². The average Bonchev–Trinajstić information content (AvgIpc) is 2.53. The van der Waals surface area contributed by atoms with Gasteiger partial charge in [-0.3, -0.25) is 0 Å². The molecule has 0 bridgehead atoms. The van der Waals surface area contributed by atoms with E-state index in [1.165, 1.54) is 64.2 Å². The van der Waals surface area contributed by atoms with Gasteiger partial charge in [-0.05, 0) is 38.0 Å². The lowest BCUT2D eigenvalue weighted by Gasteiger charge is -2.25. The largest absolute Gasteiger partial charge is 0.300 e. The maximum atomic E-state index is 10.9. The summed E-state index contributed by atoms with van der Waals surface area (Å²) < 4.78 is 0. The molecule has 0 spiro atoms. The van der Waals surface area contributed by atoms with Crippen molar-refractivity contribution in [3.63, 3.8) is 0 Å². The van der Waals surface area contributed by atoms with Crippen LogP contribution in [0.1, 0.15) is 105 Å². The Morgan fingerprint density at radius 3 is 2.00 bits per heavy atom.